The average molecular weight is 345 g/mol. The molecule has 0 aromatic heterocycles. The molecule has 0 N–H and O–H groups in total. The summed E-state index contributed by atoms with van der Waals surface area (Å²) < 4.78 is 0. The molecule has 0 nitrogen and oxygen atoms in total. The van der Waals surface area contributed by atoms with E-state index in [0.717, 1.165) is 6.42 Å². The fourth-order valence-corrected chi connectivity index (χ4v) is 9.13. The molecule has 0 radical (unpaired) electrons. The lowest BCUT2D eigenvalue weighted by molar-refractivity contribution is 0.516. The smallest absolute Gasteiger partial charge is 0.0806 e. The molecule has 2 aromatic carbocycles. The second-order valence-corrected chi connectivity index (χ2v) is 13.7. The SMILES string of the molecule is CC(C)(C)C1=C([Si](C)(C)C2c3ccccc3-c3ccccc32)CC=C1. The Kier molecular flexibility index (Phi) is 3.70. The van der Waals surface area contributed by atoms with Gasteiger partial charge in [-0.1, -0.05) is 99.7 Å². The molecule has 25 heavy (non-hydrogen) atoms. The molecule has 128 valence electrons. The van der Waals surface area contributed by atoms with Gasteiger partial charge < -0.3 is 0 Å². The Bertz CT molecular complexity index is 845. The molecule has 0 saturated carbocycles. The Morgan fingerprint density at radius 3 is 1.88 bits per heavy atom. The lowest BCUT2D eigenvalue weighted by Gasteiger charge is -2.36. The van der Waals surface area contributed by atoms with Crippen molar-refractivity contribution in [3.05, 3.63) is 82.6 Å². The van der Waals surface area contributed by atoms with E-state index in [1.807, 2.05) is 0 Å². The van der Waals surface area contributed by atoms with Crippen molar-refractivity contribution in [1.29, 1.82) is 0 Å². The van der Waals surface area contributed by atoms with Crippen LogP contribution in [0.25, 0.3) is 11.1 Å². The largest absolute Gasteiger partial charge is 0.0884 e. The first-order valence-corrected chi connectivity index (χ1v) is 12.5. The summed E-state index contributed by atoms with van der Waals surface area (Å²) in [4.78, 5) is 0. The maximum Gasteiger partial charge on any atom is 0.0884 e. The molecule has 0 fully saturated rings. The highest BCUT2D eigenvalue weighted by molar-refractivity contribution is 6.86. The van der Waals surface area contributed by atoms with Crippen LogP contribution in [0.5, 0.6) is 0 Å². The monoisotopic (exact) mass is 344 g/mol. The molecule has 0 unspecified atom stereocenters. The van der Waals surface area contributed by atoms with E-state index in [1.54, 1.807) is 21.9 Å². The van der Waals surface area contributed by atoms with Gasteiger partial charge in [0.05, 0.1) is 8.07 Å². The van der Waals surface area contributed by atoms with E-state index in [-0.39, 0.29) is 5.41 Å². The summed E-state index contributed by atoms with van der Waals surface area (Å²) in [6.45, 7) is 12.3. The maximum atomic E-state index is 2.59. The van der Waals surface area contributed by atoms with E-state index >= 15 is 0 Å². The number of fused-ring (bicyclic) bond motifs is 3. The Hall–Kier alpha value is -1.86. The Morgan fingerprint density at radius 1 is 0.840 bits per heavy atom. The molecule has 2 aliphatic carbocycles. The van der Waals surface area contributed by atoms with E-state index in [1.165, 1.54) is 11.1 Å². The molecule has 2 aliphatic rings. The van der Waals surface area contributed by atoms with Crippen LogP contribution in [-0.2, 0) is 0 Å². The molecule has 4 rings (SSSR count). The van der Waals surface area contributed by atoms with Gasteiger partial charge in [0.2, 0.25) is 0 Å². The van der Waals surface area contributed by atoms with Crippen LogP contribution in [0.15, 0.2) is 71.5 Å². The molecule has 0 amide bonds. The van der Waals surface area contributed by atoms with Gasteiger partial charge in [-0.25, -0.2) is 0 Å². The van der Waals surface area contributed by atoms with Crippen LogP contribution in [0.4, 0.5) is 0 Å². The van der Waals surface area contributed by atoms with Gasteiger partial charge in [0.25, 0.3) is 0 Å². The first-order valence-electron chi connectivity index (χ1n) is 9.40. The zero-order valence-electron chi connectivity index (χ0n) is 16.1. The van der Waals surface area contributed by atoms with Crippen molar-refractivity contribution in [3.8, 4) is 11.1 Å². The molecular formula is C24H28Si. The number of hydrogen-bond donors (Lipinski definition) is 0. The summed E-state index contributed by atoms with van der Waals surface area (Å²) in [7, 11) is -1.70. The van der Waals surface area contributed by atoms with E-state index in [4.69, 9.17) is 0 Å². The minimum absolute atomic E-state index is 0.226. The summed E-state index contributed by atoms with van der Waals surface area (Å²) in [5.41, 5.74) is 8.38. The van der Waals surface area contributed by atoms with Gasteiger partial charge in [-0.05, 0) is 39.7 Å². The Balaban J connectivity index is 1.92. The number of rotatable bonds is 2. The minimum atomic E-state index is -1.70. The third-order valence-corrected chi connectivity index (χ3v) is 10.2. The van der Waals surface area contributed by atoms with Crippen LogP contribution >= 0.6 is 0 Å². The fraction of sp³-hybridized carbons (Fsp3) is 0.333. The van der Waals surface area contributed by atoms with Gasteiger partial charge in [-0.3, -0.25) is 0 Å². The van der Waals surface area contributed by atoms with Crippen molar-refractivity contribution < 1.29 is 0 Å². The Labute approximate surface area is 153 Å². The van der Waals surface area contributed by atoms with E-state index in [9.17, 15) is 0 Å². The molecule has 0 saturated heterocycles. The van der Waals surface area contributed by atoms with Crippen molar-refractivity contribution in [2.45, 2.75) is 45.8 Å². The molecular weight excluding hydrogens is 316 g/mol. The quantitative estimate of drug-likeness (QED) is 0.520. The summed E-state index contributed by atoms with van der Waals surface area (Å²) in [5.74, 6) is 0. The van der Waals surface area contributed by atoms with Crippen LogP contribution in [0.1, 0.15) is 43.9 Å². The topological polar surface area (TPSA) is 0 Å². The van der Waals surface area contributed by atoms with Crippen molar-refractivity contribution >= 4 is 8.07 Å². The second kappa shape index (κ2) is 5.57. The summed E-state index contributed by atoms with van der Waals surface area (Å²) >= 11 is 0. The number of allylic oxidation sites excluding steroid dienone is 4. The molecule has 1 heteroatoms. The molecule has 0 aliphatic heterocycles. The second-order valence-electron chi connectivity index (χ2n) is 9.08. The Morgan fingerprint density at radius 2 is 1.36 bits per heavy atom. The lowest BCUT2D eigenvalue weighted by Crippen LogP contribution is -2.38. The molecule has 0 bridgehead atoms. The first-order chi connectivity index (χ1) is 11.8. The van der Waals surface area contributed by atoms with Gasteiger partial charge in [0.15, 0.2) is 0 Å². The third kappa shape index (κ3) is 2.48. The van der Waals surface area contributed by atoms with Gasteiger partial charge in [0.1, 0.15) is 0 Å². The van der Waals surface area contributed by atoms with Gasteiger partial charge in [0, 0.05) is 5.54 Å². The van der Waals surface area contributed by atoms with E-state index < -0.39 is 8.07 Å². The molecule has 2 aromatic rings. The summed E-state index contributed by atoms with van der Waals surface area (Å²) in [6, 6.07) is 18.2. The summed E-state index contributed by atoms with van der Waals surface area (Å²) in [5, 5.41) is 1.75. The van der Waals surface area contributed by atoms with Gasteiger partial charge in [-0.2, -0.15) is 0 Å². The molecule has 0 atom stereocenters. The van der Waals surface area contributed by atoms with Crippen LogP contribution in [0.2, 0.25) is 13.1 Å². The minimum Gasteiger partial charge on any atom is -0.0806 e. The average Bonchev–Trinajstić information content (AvgIpc) is 3.18. The highest BCUT2D eigenvalue weighted by Gasteiger charge is 2.44. The standard InChI is InChI=1S/C24H28Si/c1-24(2,3)21-15-10-16-22(21)25(4,5)23-19-13-8-6-11-17(19)18-12-7-9-14-20(18)23/h6-15,23H,16H2,1-5H3. The van der Waals surface area contributed by atoms with Crippen molar-refractivity contribution in [2.24, 2.45) is 5.41 Å². The van der Waals surface area contributed by atoms with Gasteiger partial charge >= 0.3 is 0 Å². The normalized spacial score (nSPS) is 17.2. The highest BCUT2D eigenvalue weighted by atomic mass is 28.3. The van der Waals surface area contributed by atoms with Crippen LogP contribution < -0.4 is 0 Å². The van der Waals surface area contributed by atoms with E-state index in [2.05, 4.69) is 94.5 Å². The lowest BCUT2D eigenvalue weighted by atomic mass is 9.87. The number of benzene rings is 2. The van der Waals surface area contributed by atoms with Crippen LogP contribution in [0.3, 0.4) is 0 Å². The fourth-order valence-electron chi connectivity index (χ4n) is 4.93. The third-order valence-electron chi connectivity index (χ3n) is 6.07. The highest BCUT2D eigenvalue weighted by Crippen LogP contribution is 2.52. The summed E-state index contributed by atoms with van der Waals surface area (Å²) in [6.07, 6.45) is 5.93. The predicted molar refractivity (Wildman–Crippen MR) is 111 cm³/mol. The molecule has 0 spiro atoms. The van der Waals surface area contributed by atoms with Crippen molar-refractivity contribution in [1.82, 2.24) is 0 Å². The first kappa shape index (κ1) is 16.6. The van der Waals surface area contributed by atoms with Crippen LogP contribution in [-0.4, -0.2) is 8.07 Å². The molecule has 0 heterocycles. The zero-order valence-corrected chi connectivity index (χ0v) is 17.1. The van der Waals surface area contributed by atoms with E-state index in [0.29, 0.717) is 5.54 Å². The number of hydrogen-bond acceptors (Lipinski definition) is 0. The predicted octanol–water partition coefficient (Wildman–Crippen LogP) is 6.89. The van der Waals surface area contributed by atoms with Crippen LogP contribution in [0, 0.1) is 5.41 Å². The maximum absolute atomic E-state index is 2.59. The van der Waals surface area contributed by atoms with Crippen molar-refractivity contribution in [2.75, 3.05) is 0 Å². The zero-order chi connectivity index (χ0) is 17.8. The van der Waals surface area contributed by atoms with Crippen molar-refractivity contribution in [3.63, 3.8) is 0 Å². The van der Waals surface area contributed by atoms with Gasteiger partial charge in [-0.15, -0.1) is 0 Å².